The van der Waals surface area contributed by atoms with Crippen LogP contribution in [0.5, 0.6) is 0 Å². The van der Waals surface area contributed by atoms with E-state index >= 15 is 0 Å². The predicted octanol–water partition coefficient (Wildman–Crippen LogP) is -1.62. The second-order valence-electron chi connectivity index (χ2n) is 18.8. The summed E-state index contributed by atoms with van der Waals surface area (Å²) in [5.74, 6) is -1.87. The number of hydrogen-bond acceptors (Lipinski definition) is 20. The third-order valence-electron chi connectivity index (χ3n) is 13.2. The molecule has 4 saturated heterocycles. The summed E-state index contributed by atoms with van der Waals surface area (Å²) < 4.78 is 47.0. The normalized spacial score (nSPS) is 38.1. The van der Waals surface area contributed by atoms with Gasteiger partial charge in [0.25, 0.3) is 0 Å². The Labute approximate surface area is 410 Å². The molecular formula is C47H83N3O20. The average molecular weight is 1010 g/mol. The number of unbranched alkanes of at least 4 members (excludes halogenated alkanes) is 11. The van der Waals surface area contributed by atoms with Crippen LogP contribution in [0, 0.1) is 0 Å². The molecule has 0 aromatic carbocycles. The van der Waals surface area contributed by atoms with E-state index in [0.29, 0.717) is 6.42 Å². The van der Waals surface area contributed by atoms with Crippen molar-refractivity contribution < 1.29 is 98.2 Å². The van der Waals surface area contributed by atoms with Gasteiger partial charge in [-0.1, -0.05) is 70.4 Å². The maximum Gasteiger partial charge on any atom is 0.220 e. The molecule has 4 aliphatic rings. The second kappa shape index (κ2) is 30.6. The van der Waals surface area contributed by atoms with Crippen molar-refractivity contribution >= 4 is 17.7 Å². The molecule has 23 nitrogen and oxygen atoms in total. The zero-order chi connectivity index (χ0) is 51.5. The standard InChI is InChI=1S/C47H83N3O20/c1-6-7-8-9-10-11-12-13-14-15-16-17-18-19-20-21-31(55)50-33-37(58)36(57)28(22-51)67-45(33)69-41-29(23-52)68-46(34(39(41)60)49-27(4)54)70-42-30(66-44(62)32(38(42)59)48-26(3)53)24-64-47-43(63-5)40(61)35(56)25(2)65-47/h11-12,25,28-30,32-47,51-52,56-62H,6-10,13-24H2,1-5H3,(H,48,53)(H,49,54)(H,50,55)/b12-11-/t25-,28+,29+,30+,32+,33+,34+,35+,36+,37+,38+,39+,40+,41+,42+,43-,44+,45-,46-,47+/m0/s1. The van der Waals surface area contributed by atoms with E-state index in [0.717, 1.165) is 65.2 Å². The Morgan fingerprint density at radius 2 is 1.06 bits per heavy atom. The van der Waals surface area contributed by atoms with Crippen molar-refractivity contribution in [2.24, 2.45) is 0 Å². The van der Waals surface area contributed by atoms with Crippen molar-refractivity contribution in [2.45, 2.75) is 240 Å². The van der Waals surface area contributed by atoms with Crippen LogP contribution in [0.1, 0.15) is 118 Å². The number of ether oxygens (including phenoxy) is 8. The first-order chi connectivity index (χ1) is 33.5. The lowest BCUT2D eigenvalue weighted by Gasteiger charge is -2.50. The van der Waals surface area contributed by atoms with Crippen molar-refractivity contribution in [3.8, 4) is 0 Å². The van der Waals surface area contributed by atoms with Gasteiger partial charge in [0.05, 0.1) is 25.9 Å². The summed E-state index contributed by atoms with van der Waals surface area (Å²) in [6.07, 6.45) is -7.62. The van der Waals surface area contributed by atoms with Crippen LogP contribution < -0.4 is 16.0 Å². The molecule has 12 N–H and O–H groups in total. The van der Waals surface area contributed by atoms with Crippen LogP contribution in [0.25, 0.3) is 0 Å². The average Bonchev–Trinajstić information content (AvgIpc) is 3.32. The summed E-state index contributed by atoms with van der Waals surface area (Å²) >= 11 is 0. The van der Waals surface area contributed by atoms with Gasteiger partial charge in [-0.05, 0) is 39.0 Å². The monoisotopic (exact) mass is 1010 g/mol. The van der Waals surface area contributed by atoms with E-state index in [1.54, 1.807) is 0 Å². The summed E-state index contributed by atoms with van der Waals surface area (Å²) in [5.41, 5.74) is 0. The summed E-state index contributed by atoms with van der Waals surface area (Å²) in [6, 6.07) is -4.54. The van der Waals surface area contributed by atoms with E-state index in [4.69, 9.17) is 37.9 Å². The fourth-order valence-corrected chi connectivity index (χ4v) is 9.22. The Bertz CT molecular complexity index is 1570. The largest absolute Gasteiger partial charge is 0.394 e. The molecule has 4 rings (SSSR count). The van der Waals surface area contributed by atoms with E-state index < -0.39 is 160 Å². The highest BCUT2D eigenvalue weighted by Crippen LogP contribution is 2.34. The number of nitrogens with one attached hydrogen (secondary N) is 3. The Morgan fingerprint density at radius 1 is 0.543 bits per heavy atom. The first-order valence-corrected chi connectivity index (χ1v) is 25.0. The topological polar surface area (TPSA) is 343 Å². The summed E-state index contributed by atoms with van der Waals surface area (Å²) in [5, 5.41) is 106. The molecule has 0 radical (unpaired) electrons. The molecule has 0 spiro atoms. The van der Waals surface area contributed by atoms with E-state index in [1.807, 2.05) is 0 Å². The fraction of sp³-hybridized carbons (Fsp3) is 0.894. The van der Waals surface area contributed by atoms with Crippen LogP contribution in [-0.2, 0) is 52.3 Å². The van der Waals surface area contributed by atoms with Crippen molar-refractivity contribution in [2.75, 3.05) is 26.9 Å². The Morgan fingerprint density at radius 3 is 1.63 bits per heavy atom. The van der Waals surface area contributed by atoms with Gasteiger partial charge in [-0.2, -0.15) is 0 Å². The summed E-state index contributed by atoms with van der Waals surface area (Å²) in [7, 11) is 1.25. The smallest absolute Gasteiger partial charge is 0.220 e. The number of allylic oxidation sites excluding steroid dienone is 2. The van der Waals surface area contributed by atoms with E-state index in [-0.39, 0.29) is 6.42 Å². The Hall–Kier alpha value is -2.53. The van der Waals surface area contributed by atoms with Crippen LogP contribution in [0.2, 0.25) is 0 Å². The Kier molecular flexibility index (Phi) is 26.3. The third kappa shape index (κ3) is 17.3. The number of carbonyl (C=O) groups excluding carboxylic acids is 3. The molecule has 406 valence electrons. The molecular weight excluding hydrogens is 927 g/mol. The van der Waals surface area contributed by atoms with Crippen LogP contribution in [-0.4, -0.2) is 213 Å². The van der Waals surface area contributed by atoms with Gasteiger partial charge in [-0.3, -0.25) is 14.4 Å². The van der Waals surface area contributed by atoms with E-state index in [2.05, 4.69) is 35.0 Å². The number of aliphatic hydroxyl groups excluding tert-OH is 9. The lowest BCUT2D eigenvalue weighted by atomic mass is 9.93. The number of carbonyl (C=O) groups is 3. The van der Waals surface area contributed by atoms with Gasteiger partial charge in [-0.15, -0.1) is 0 Å². The van der Waals surface area contributed by atoms with Crippen LogP contribution >= 0.6 is 0 Å². The summed E-state index contributed by atoms with van der Waals surface area (Å²) in [4.78, 5) is 38.1. The molecule has 0 aromatic heterocycles. The molecule has 70 heavy (non-hydrogen) atoms. The molecule has 4 fully saturated rings. The maximum absolute atomic E-state index is 13.3. The predicted molar refractivity (Wildman–Crippen MR) is 246 cm³/mol. The lowest BCUT2D eigenvalue weighted by molar-refractivity contribution is -0.356. The number of aliphatic hydroxyl groups is 9. The zero-order valence-corrected chi connectivity index (χ0v) is 41.2. The third-order valence-corrected chi connectivity index (χ3v) is 13.2. The van der Waals surface area contributed by atoms with E-state index in [1.165, 1.54) is 39.7 Å². The van der Waals surface area contributed by atoms with Crippen LogP contribution in [0.3, 0.4) is 0 Å². The minimum atomic E-state index is -1.85. The van der Waals surface area contributed by atoms with Crippen LogP contribution in [0.15, 0.2) is 12.2 Å². The number of amides is 3. The van der Waals surface area contributed by atoms with Gasteiger partial charge < -0.3 is 99.8 Å². The maximum atomic E-state index is 13.3. The quantitative estimate of drug-likeness (QED) is 0.0310. The molecule has 20 atom stereocenters. The highest BCUT2D eigenvalue weighted by molar-refractivity contribution is 5.76. The zero-order valence-electron chi connectivity index (χ0n) is 41.2. The van der Waals surface area contributed by atoms with Crippen molar-refractivity contribution in [3.63, 3.8) is 0 Å². The van der Waals surface area contributed by atoms with Crippen molar-refractivity contribution in [3.05, 3.63) is 12.2 Å². The SMILES string of the molecule is CCCCCC/C=C\CCCCCCCCCC(=O)N[C@H]1[C@H](O[C@H]2[C@H](O)[C@@H](NC(C)=O)[C@H](O[C@H]3[C@H](O)[C@@H](NC(C)=O)[C@H](O)O[C@@H]3CO[C@@H]3O[C@@H](C)[C@@H](O)[C@@H](O)[C@@H]3OC)O[C@@H]2CO)O[C@H](CO)[C@@H](O)[C@@H]1O. The highest BCUT2D eigenvalue weighted by Gasteiger charge is 2.55. The number of methoxy groups -OCH3 is 1. The van der Waals surface area contributed by atoms with Crippen molar-refractivity contribution in [1.29, 1.82) is 0 Å². The molecule has 0 saturated carbocycles. The molecule has 4 heterocycles. The molecule has 0 aliphatic carbocycles. The van der Waals surface area contributed by atoms with Gasteiger partial charge >= 0.3 is 0 Å². The second-order valence-corrected chi connectivity index (χ2v) is 18.8. The van der Waals surface area contributed by atoms with Gasteiger partial charge in [0.1, 0.15) is 91.4 Å². The molecule has 0 unspecified atom stereocenters. The molecule has 0 bridgehead atoms. The van der Waals surface area contributed by atoms with Crippen LogP contribution in [0.4, 0.5) is 0 Å². The lowest BCUT2D eigenvalue weighted by Crippen LogP contribution is -2.71. The first kappa shape index (κ1) is 60.0. The summed E-state index contributed by atoms with van der Waals surface area (Å²) in [6.45, 7) is 3.73. The molecule has 0 aromatic rings. The minimum absolute atomic E-state index is 0.0734. The Balaban J connectivity index is 1.43. The van der Waals surface area contributed by atoms with E-state index in [9.17, 15) is 60.3 Å². The highest BCUT2D eigenvalue weighted by atomic mass is 16.8. The first-order valence-electron chi connectivity index (χ1n) is 25.0. The molecule has 23 heteroatoms. The minimum Gasteiger partial charge on any atom is -0.394 e. The van der Waals surface area contributed by atoms with Gasteiger partial charge in [0.2, 0.25) is 17.7 Å². The number of rotatable bonds is 28. The van der Waals surface area contributed by atoms with Gasteiger partial charge in [0, 0.05) is 27.4 Å². The van der Waals surface area contributed by atoms with Crippen molar-refractivity contribution in [1.82, 2.24) is 16.0 Å². The van der Waals surface area contributed by atoms with Gasteiger partial charge in [0.15, 0.2) is 25.2 Å². The van der Waals surface area contributed by atoms with Gasteiger partial charge in [-0.25, -0.2) is 0 Å². The number of hydrogen-bond donors (Lipinski definition) is 12. The fourth-order valence-electron chi connectivity index (χ4n) is 9.22. The molecule has 3 amide bonds. The molecule has 4 aliphatic heterocycles.